The summed E-state index contributed by atoms with van der Waals surface area (Å²) in [6.07, 6.45) is 2.52. The second kappa shape index (κ2) is 9.26. The van der Waals surface area contributed by atoms with E-state index in [1.807, 2.05) is 0 Å². The van der Waals surface area contributed by atoms with Crippen LogP contribution in [0.4, 0.5) is 0 Å². The molecule has 1 atom stereocenters. The molecule has 1 nitrogen and oxygen atoms in total. The Hall–Kier alpha value is -0.609. The van der Waals surface area contributed by atoms with Crippen LogP contribution in [-0.2, 0) is 16.8 Å². The molecule has 0 fully saturated rings. The third-order valence-electron chi connectivity index (χ3n) is 5.64. The Morgan fingerprint density at radius 1 is 0.828 bits per heavy atom. The van der Waals surface area contributed by atoms with E-state index in [1.165, 1.54) is 32.7 Å². The zero-order chi connectivity index (χ0) is 18.7. The molecule has 0 heterocycles. The van der Waals surface area contributed by atoms with E-state index in [-0.39, 0.29) is 41.3 Å². The van der Waals surface area contributed by atoms with Crippen molar-refractivity contribution < 1.29 is 41.7 Å². The number of fused-ring (bicyclic) bond motifs is 5. The maximum absolute atomic E-state index is 4.00. The number of allylic oxidation sites excluding steroid dienone is 1. The van der Waals surface area contributed by atoms with Crippen molar-refractivity contribution >= 4 is 38.6 Å². The Morgan fingerprint density at radius 2 is 1.45 bits per heavy atom. The van der Waals surface area contributed by atoms with Crippen molar-refractivity contribution in [3.8, 4) is 0 Å². The standard InChI is InChI=1S/C18H13.C4H10N.2CH3.2ClH.H4Si.Ti/c1-12-6-8-16-14(12)10-11-17-15-5-3-2-4-13(15)7-9-18(16)17;1-4(2,3)5;;;;;;/h2-5,7-12H,1H3;5H,1-3H3;2*1H3;2*1H;1H4;/q;-1;;;;;;+3/p-2. The fourth-order valence-electron chi connectivity index (χ4n) is 4.85. The van der Waals surface area contributed by atoms with E-state index in [0.717, 1.165) is 0 Å². The molecule has 0 saturated heterocycles. The Morgan fingerprint density at radius 3 is 2.10 bits per heavy atom. The van der Waals surface area contributed by atoms with Gasteiger partial charge in [-0.1, -0.05) is 0 Å². The van der Waals surface area contributed by atoms with Crippen molar-refractivity contribution in [2.45, 2.75) is 49.6 Å². The van der Waals surface area contributed by atoms with Crippen LogP contribution in [-0.4, -0.2) is 16.5 Å². The van der Waals surface area contributed by atoms with Crippen molar-refractivity contribution in [2.75, 3.05) is 0 Å². The van der Waals surface area contributed by atoms with Gasteiger partial charge in [-0.2, -0.15) is 0 Å². The first kappa shape index (κ1) is 26.4. The fraction of sp³-hybridized carbons (Fsp3) is 0.333. The van der Waals surface area contributed by atoms with E-state index in [9.17, 15) is 0 Å². The summed E-state index contributed by atoms with van der Waals surface area (Å²) in [6, 6.07) is 18.0. The first-order valence-electron chi connectivity index (χ1n) is 9.63. The van der Waals surface area contributed by atoms with Gasteiger partial charge in [0.2, 0.25) is 0 Å². The number of halogens is 2. The zero-order valence-corrected chi connectivity index (χ0v) is 20.6. The topological polar surface area (TPSA) is 12.0 Å². The van der Waals surface area contributed by atoms with Crippen LogP contribution in [0.1, 0.15) is 44.7 Å². The quantitative estimate of drug-likeness (QED) is 0.386. The van der Waals surface area contributed by atoms with Gasteiger partial charge in [-0.15, -0.1) is 0 Å². The van der Waals surface area contributed by atoms with Crippen LogP contribution in [0.5, 0.6) is 0 Å². The van der Waals surface area contributed by atoms with Crippen LogP contribution in [0.2, 0.25) is 10.5 Å². The molecule has 0 amide bonds. The first-order valence-corrected chi connectivity index (χ1v) is 14.3. The average molecular weight is 482 g/mol. The van der Waals surface area contributed by atoms with Gasteiger partial charge in [0.1, 0.15) is 0 Å². The van der Waals surface area contributed by atoms with Crippen LogP contribution in [0.15, 0.2) is 52.4 Å². The molecule has 4 rings (SSSR count). The van der Waals surface area contributed by atoms with Gasteiger partial charge >= 0.3 is 161 Å². The fourth-order valence-corrected chi connectivity index (χ4v) is 10.7. The Labute approximate surface area is 196 Å². The molecule has 1 aliphatic rings. The van der Waals surface area contributed by atoms with Crippen LogP contribution in [0.25, 0.3) is 27.6 Å². The van der Waals surface area contributed by atoms with Crippen molar-refractivity contribution in [1.29, 1.82) is 0 Å². The van der Waals surface area contributed by atoms with Gasteiger partial charge in [0.15, 0.2) is 0 Å². The molecule has 0 saturated carbocycles. The van der Waals surface area contributed by atoms with Gasteiger partial charge in [-0.05, 0) is 11.0 Å². The molecule has 0 radical (unpaired) electrons. The molecule has 29 heavy (non-hydrogen) atoms. The molecule has 1 N–H and O–H groups in total. The summed E-state index contributed by atoms with van der Waals surface area (Å²) >= 11 is -2.28. The van der Waals surface area contributed by atoms with Crippen LogP contribution in [0.3, 0.4) is 0 Å². The van der Waals surface area contributed by atoms with Crippen molar-refractivity contribution in [3.05, 3.63) is 63.5 Å². The van der Waals surface area contributed by atoms with Crippen molar-refractivity contribution in [2.24, 2.45) is 0 Å². The molecular formula is C24H33Cl2NSiTi. The minimum absolute atomic E-state index is 0. The van der Waals surface area contributed by atoms with Crippen LogP contribution in [0, 0.1) is 0 Å². The number of rotatable bonds is 2. The molecule has 0 aliphatic heterocycles. The van der Waals surface area contributed by atoms with Gasteiger partial charge in [0.05, 0.1) is 0 Å². The van der Waals surface area contributed by atoms with E-state index in [0.29, 0.717) is 5.92 Å². The summed E-state index contributed by atoms with van der Waals surface area (Å²) < 4.78 is 5.66. The maximum atomic E-state index is 4.00. The smallest absolute Gasteiger partial charge is 0.0149 e. The van der Waals surface area contributed by atoms with Gasteiger partial charge in [0, 0.05) is 0 Å². The molecule has 1 unspecified atom stereocenters. The van der Waals surface area contributed by atoms with Gasteiger partial charge in [0.25, 0.3) is 0 Å². The summed E-state index contributed by atoms with van der Waals surface area (Å²) in [5, 5.41) is 10.4. The molecule has 0 spiro atoms. The van der Waals surface area contributed by atoms with E-state index < -0.39 is 16.8 Å². The zero-order valence-electron chi connectivity index (χ0n) is 17.5. The first-order chi connectivity index (χ1) is 12.2. The molecule has 0 aromatic heterocycles. The van der Waals surface area contributed by atoms with Crippen molar-refractivity contribution in [1.82, 2.24) is 3.80 Å². The second-order valence-electron chi connectivity index (χ2n) is 9.27. The van der Waals surface area contributed by atoms with Gasteiger partial charge < -0.3 is 24.8 Å². The summed E-state index contributed by atoms with van der Waals surface area (Å²) in [5.41, 5.74) is 3.11. The Bertz CT molecular complexity index is 1050. The van der Waals surface area contributed by atoms with E-state index in [2.05, 4.69) is 96.6 Å². The largest absolute Gasteiger partial charge is 1.00 e. The molecule has 156 valence electrons. The predicted octanol–water partition coefficient (Wildman–Crippen LogP) is -0.439. The number of hydrogen-bond donors (Lipinski definition) is 1. The third-order valence-corrected chi connectivity index (χ3v) is 10.9. The van der Waals surface area contributed by atoms with Crippen molar-refractivity contribution in [3.63, 3.8) is 0 Å². The summed E-state index contributed by atoms with van der Waals surface area (Å²) in [6.45, 7) is 9.25. The Balaban J connectivity index is 0.00000140. The van der Waals surface area contributed by atoms with Crippen LogP contribution >= 0.6 is 0 Å². The minimum atomic E-state index is -2.28. The van der Waals surface area contributed by atoms with E-state index >= 15 is 0 Å². The SMILES string of the molecule is CC1[C]([Ti+2]([CH3])([CH3])[NH]C(C)(C)C)=Cc2c1ccc1c2ccc2ccccc21.[Cl-].[Cl-].[SiH4]. The molecule has 0 bridgehead atoms. The maximum Gasteiger partial charge on any atom is -0.0149 e. The summed E-state index contributed by atoms with van der Waals surface area (Å²) in [4.78, 5) is 0. The third kappa shape index (κ3) is 4.84. The number of nitrogens with one attached hydrogen (secondary N) is 1. The number of benzene rings is 3. The summed E-state index contributed by atoms with van der Waals surface area (Å²) in [7, 11) is 0. The monoisotopic (exact) mass is 481 g/mol. The van der Waals surface area contributed by atoms with Crippen LogP contribution < -0.4 is 28.6 Å². The molecule has 5 heteroatoms. The van der Waals surface area contributed by atoms with E-state index in [1.54, 1.807) is 3.88 Å². The second-order valence-corrected chi connectivity index (χ2v) is 15.6. The van der Waals surface area contributed by atoms with E-state index in [4.69, 9.17) is 0 Å². The van der Waals surface area contributed by atoms with Gasteiger partial charge in [-0.25, -0.2) is 0 Å². The average Bonchev–Trinajstić information content (AvgIpc) is 2.90. The number of hydrogen-bond acceptors (Lipinski definition) is 1. The molecule has 3 aromatic rings. The normalized spacial score (nSPS) is 15.2. The molecule has 1 aliphatic carbocycles. The summed E-state index contributed by atoms with van der Waals surface area (Å²) in [5.74, 6) is 0.519. The minimum Gasteiger partial charge on any atom is -1.00 e. The predicted molar refractivity (Wildman–Crippen MR) is 124 cm³/mol. The van der Waals surface area contributed by atoms with Gasteiger partial charge in [-0.3, -0.25) is 0 Å². The molecule has 3 aromatic carbocycles. The molecular weight excluding hydrogens is 449 g/mol. The Kier molecular flexibility index (Phi) is 8.44.